The van der Waals surface area contributed by atoms with Gasteiger partial charge < -0.3 is 0 Å². The van der Waals surface area contributed by atoms with E-state index >= 15 is 0 Å². The van der Waals surface area contributed by atoms with Crippen molar-refractivity contribution in [3.8, 4) is 0 Å². The van der Waals surface area contributed by atoms with E-state index in [1.807, 2.05) is 0 Å². The van der Waals surface area contributed by atoms with Crippen molar-refractivity contribution in [1.29, 1.82) is 0 Å². The Morgan fingerprint density at radius 1 is 1.06 bits per heavy atom. The van der Waals surface area contributed by atoms with Gasteiger partial charge in [0.05, 0.1) is 0 Å². The first kappa shape index (κ1) is 11.5. The van der Waals surface area contributed by atoms with Gasteiger partial charge in [-0.25, -0.2) is 0 Å². The second-order valence-corrected chi connectivity index (χ2v) is 4.99. The summed E-state index contributed by atoms with van der Waals surface area (Å²) < 4.78 is 0. The second-order valence-electron chi connectivity index (χ2n) is 4.51. The topological polar surface area (TPSA) is 0 Å². The molecule has 0 spiro atoms. The van der Waals surface area contributed by atoms with Crippen LogP contribution in [0.1, 0.15) is 25.8 Å². The van der Waals surface area contributed by atoms with Crippen LogP contribution >= 0.6 is 12.6 Å². The summed E-state index contributed by atoms with van der Waals surface area (Å²) in [5.41, 5.74) is 1.45. The highest BCUT2D eigenvalue weighted by Gasteiger charge is 2.06. The zero-order chi connectivity index (χ0) is 11.5. The van der Waals surface area contributed by atoms with Crippen molar-refractivity contribution in [3.05, 3.63) is 42.0 Å². The van der Waals surface area contributed by atoms with Gasteiger partial charge in [-0.1, -0.05) is 50.6 Å². The van der Waals surface area contributed by atoms with Crippen LogP contribution < -0.4 is 0 Å². The maximum atomic E-state index is 4.51. The molecule has 0 N–H and O–H groups in total. The summed E-state index contributed by atoms with van der Waals surface area (Å²) in [5, 5.41) is 2.63. The molecule has 16 heavy (non-hydrogen) atoms. The van der Waals surface area contributed by atoms with Crippen LogP contribution in [-0.2, 0) is 6.42 Å². The molecule has 84 valence electrons. The van der Waals surface area contributed by atoms with E-state index in [1.165, 1.54) is 22.8 Å². The van der Waals surface area contributed by atoms with Crippen molar-refractivity contribution in [1.82, 2.24) is 0 Å². The first-order chi connectivity index (χ1) is 7.72. The van der Waals surface area contributed by atoms with Crippen LogP contribution in [0.4, 0.5) is 0 Å². The summed E-state index contributed by atoms with van der Waals surface area (Å²) >= 11 is 4.51. The third kappa shape index (κ3) is 2.25. The highest BCUT2D eigenvalue weighted by atomic mass is 32.1. The molecule has 1 unspecified atom stereocenters. The summed E-state index contributed by atoms with van der Waals surface area (Å²) in [6, 6.07) is 12.9. The van der Waals surface area contributed by atoms with Crippen LogP contribution in [0.15, 0.2) is 41.3 Å². The second kappa shape index (κ2) is 4.92. The molecular formula is C15H18S. The Kier molecular flexibility index (Phi) is 3.55. The summed E-state index contributed by atoms with van der Waals surface area (Å²) in [6.45, 7) is 4.56. The zero-order valence-corrected chi connectivity index (χ0v) is 10.8. The Hall–Kier alpha value is -0.950. The molecule has 2 rings (SSSR count). The number of thiol groups is 1. The molecule has 0 aliphatic carbocycles. The van der Waals surface area contributed by atoms with Crippen molar-refractivity contribution in [2.75, 3.05) is 0 Å². The predicted molar refractivity (Wildman–Crippen MR) is 74.4 cm³/mol. The van der Waals surface area contributed by atoms with E-state index in [4.69, 9.17) is 0 Å². The maximum Gasteiger partial charge on any atom is 0.0119 e. The Bertz CT molecular complexity index is 488. The molecule has 1 heteroatoms. The molecule has 0 bridgehead atoms. The first-order valence-electron chi connectivity index (χ1n) is 5.92. The van der Waals surface area contributed by atoms with E-state index in [9.17, 15) is 0 Å². The van der Waals surface area contributed by atoms with Gasteiger partial charge in [-0.05, 0) is 34.7 Å². The number of fused-ring (bicyclic) bond motifs is 1. The van der Waals surface area contributed by atoms with Gasteiger partial charge in [0.15, 0.2) is 0 Å². The van der Waals surface area contributed by atoms with E-state index in [1.54, 1.807) is 0 Å². The largest absolute Gasteiger partial charge is 0.143 e. The van der Waals surface area contributed by atoms with Crippen LogP contribution in [0.3, 0.4) is 0 Å². The van der Waals surface area contributed by atoms with Gasteiger partial charge in [0, 0.05) is 4.90 Å². The van der Waals surface area contributed by atoms with Crippen LogP contribution in [-0.4, -0.2) is 0 Å². The van der Waals surface area contributed by atoms with Gasteiger partial charge in [-0.3, -0.25) is 0 Å². The maximum absolute atomic E-state index is 4.51. The molecule has 0 saturated carbocycles. The first-order valence-corrected chi connectivity index (χ1v) is 6.36. The molecule has 0 heterocycles. The summed E-state index contributed by atoms with van der Waals surface area (Å²) in [7, 11) is 0. The fraction of sp³-hybridized carbons (Fsp3) is 0.333. The van der Waals surface area contributed by atoms with Gasteiger partial charge in [0.25, 0.3) is 0 Å². The molecule has 2 aromatic rings. The summed E-state index contributed by atoms with van der Waals surface area (Å²) in [5.74, 6) is 0.745. The minimum atomic E-state index is 0.745. The van der Waals surface area contributed by atoms with E-state index < -0.39 is 0 Å². The summed E-state index contributed by atoms with van der Waals surface area (Å²) in [4.78, 5) is 1.07. The van der Waals surface area contributed by atoms with E-state index in [-0.39, 0.29) is 0 Å². The Balaban J connectivity index is 2.50. The molecule has 2 aromatic carbocycles. The molecule has 0 aliphatic heterocycles. The van der Waals surface area contributed by atoms with Crippen molar-refractivity contribution in [2.24, 2.45) is 5.92 Å². The highest BCUT2D eigenvalue weighted by molar-refractivity contribution is 7.80. The van der Waals surface area contributed by atoms with E-state index in [2.05, 4.69) is 62.9 Å². The molecule has 0 aromatic heterocycles. The lowest BCUT2D eigenvalue weighted by Gasteiger charge is -2.12. The normalized spacial score (nSPS) is 12.9. The average Bonchev–Trinajstić information content (AvgIpc) is 2.30. The fourth-order valence-corrected chi connectivity index (χ4v) is 2.34. The average molecular weight is 230 g/mol. The van der Waals surface area contributed by atoms with Gasteiger partial charge in [0.1, 0.15) is 0 Å². The quantitative estimate of drug-likeness (QED) is 0.725. The fourth-order valence-electron chi connectivity index (χ4n) is 2.06. The molecular weight excluding hydrogens is 212 g/mol. The third-order valence-corrected chi connectivity index (χ3v) is 3.64. The lowest BCUT2D eigenvalue weighted by atomic mass is 9.94. The standard InChI is InChI=1S/C15H18S/c1-3-11(2)10-12-6-4-8-14-13(12)7-5-9-15(14)16/h4-9,11,16H,3,10H2,1-2H3. The molecule has 0 radical (unpaired) electrons. The molecule has 1 atom stereocenters. The molecule has 0 fully saturated rings. The predicted octanol–water partition coefficient (Wildman–Crippen LogP) is 4.72. The van der Waals surface area contributed by atoms with Crippen molar-refractivity contribution >= 4 is 23.4 Å². The Labute approximate surface area is 103 Å². The number of rotatable bonds is 3. The van der Waals surface area contributed by atoms with E-state index in [0.29, 0.717) is 0 Å². The molecule has 0 amide bonds. The van der Waals surface area contributed by atoms with Crippen LogP contribution in [0.2, 0.25) is 0 Å². The highest BCUT2D eigenvalue weighted by Crippen LogP contribution is 2.26. The van der Waals surface area contributed by atoms with Gasteiger partial charge in [0.2, 0.25) is 0 Å². The molecule has 0 nitrogen and oxygen atoms in total. The van der Waals surface area contributed by atoms with Crippen molar-refractivity contribution in [3.63, 3.8) is 0 Å². The van der Waals surface area contributed by atoms with Crippen molar-refractivity contribution in [2.45, 2.75) is 31.6 Å². The minimum absolute atomic E-state index is 0.745. The number of hydrogen-bond acceptors (Lipinski definition) is 1. The smallest absolute Gasteiger partial charge is 0.0119 e. The molecule has 0 saturated heterocycles. The zero-order valence-electron chi connectivity index (χ0n) is 9.90. The molecule has 0 aliphatic rings. The van der Waals surface area contributed by atoms with Crippen molar-refractivity contribution < 1.29 is 0 Å². The minimum Gasteiger partial charge on any atom is -0.143 e. The summed E-state index contributed by atoms with van der Waals surface area (Å²) in [6.07, 6.45) is 2.39. The van der Waals surface area contributed by atoms with Gasteiger partial charge in [-0.2, -0.15) is 0 Å². The number of hydrogen-bond donors (Lipinski definition) is 1. The van der Waals surface area contributed by atoms with Crippen LogP contribution in [0, 0.1) is 5.92 Å². The monoisotopic (exact) mass is 230 g/mol. The van der Waals surface area contributed by atoms with Gasteiger partial charge >= 0.3 is 0 Å². The van der Waals surface area contributed by atoms with Crippen LogP contribution in [0.25, 0.3) is 10.8 Å². The lowest BCUT2D eigenvalue weighted by molar-refractivity contribution is 0.562. The Morgan fingerprint density at radius 3 is 2.50 bits per heavy atom. The number of benzene rings is 2. The SMILES string of the molecule is CCC(C)Cc1cccc2c(S)cccc12. The van der Waals surface area contributed by atoms with Gasteiger partial charge in [-0.15, -0.1) is 12.6 Å². The Morgan fingerprint density at radius 2 is 1.75 bits per heavy atom. The lowest BCUT2D eigenvalue weighted by Crippen LogP contribution is -1.98. The third-order valence-electron chi connectivity index (χ3n) is 3.25. The van der Waals surface area contributed by atoms with Crippen LogP contribution in [0.5, 0.6) is 0 Å². The van der Waals surface area contributed by atoms with E-state index in [0.717, 1.165) is 17.2 Å².